The van der Waals surface area contributed by atoms with Crippen LogP contribution in [-0.4, -0.2) is 18.1 Å². The summed E-state index contributed by atoms with van der Waals surface area (Å²) in [5, 5.41) is 0. The first-order valence-corrected chi connectivity index (χ1v) is 5.71. The molecule has 0 N–H and O–H groups in total. The molecule has 0 aliphatic carbocycles. The quantitative estimate of drug-likeness (QED) is 0.203. The van der Waals surface area contributed by atoms with E-state index >= 15 is 0 Å². The summed E-state index contributed by atoms with van der Waals surface area (Å²) in [5.74, 6) is -25.6. The van der Waals surface area contributed by atoms with E-state index in [2.05, 4.69) is 9.47 Å². The standard InChI is InChI=1S/C11F14O2/c12-1-2(13)4(15)6(5(16)3(1)14)26-9(10(20,21)22,11(23,24)25)27-8(19)7(17)18. The molecular formula is C11F14O2. The maximum atomic E-state index is 13.3. The minimum Gasteiger partial charge on any atom is -0.431 e. The highest BCUT2D eigenvalue weighted by Gasteiger charge is 2.78. The first-order valence-electron chi connectivity index (χ1n) is 5.71. The monoisotopic (exact) mass is 430 g/mol. The molecular weight excluding hydrogens is 430 g/mol. The third-order valence-electron chi connectivity index (χ3n) is 2.54. The van der Waals surface area contributed by atoms with Crippen LogP contribution in [0.5, 0.6) is 5.75 Å². The van der Waals surface area contributed by atoms with Crippen LogP contribution in [0.4, 0.5) is 61.5 Å². The normalized spacial score (nSPS) is 12.8. The lowest BCUT2D eigenvalue weighted by Gasteiger charge is -2.35. The molecule has 0 spiro atoms. The van der Waals surface area contributed by atoms with E-state index in [1.165, 1.54) is 0 Å². The van der Waals surface area contributed by atoms with Gasteiger partial charge in [0, 0.05) is 0 Å². The molecule has 0 radical (unpaired) electrons. The highest BCUT2D eigenvalue weighted by atomic mass is 19.4. The molecule has 0 aromatic heterocycles. The average Bonchev–Trinajstić information content (AvgIpc) is 2.51. The minimum absolute atomic E-state index is 2.37. The van der Waals surface area contributed by atoms with Crippen LogP contribution in [0.15, 0.2) is 12.1 Å². The van der Waals surface area contributed by atoms with Gasteiger partial charge in [0.25, 0.3) is 0 Å². The Kier molecular flexibility index (Phi) is 5.83. The average molecular weight is 430 g/mol. The molecule has 1 aromatic carbocycles. The highest BCUT2D eigenvalue weighted by molar-refractivity contribution is 5.30. The number of alkyl halides is 6. The zero-order valence-corrected chi connectivity index (χ0v) is 11.6. The van der Waals surface area contributed by atoms with E-state index in [-0.39, 0.29) is 0 Å². The molecule has 0 aliphatic heterocycles. The third kappa shape index (κ3) is 3.83. The van der Waals surface area contributed by atoms with Crippen LogP contribution in [0, 0.1) is 29.1 Å². The van der Waals surface area contributed by atoms with E-state index < -0.39 is 65.1 Å². The number of ether oxygens (including phenoxy) is 2. The van der Waals surface area contributed by atoms with Gasteiger partial charge < -0.3 is 9.47 Å². The summed E-state index contributed by atoms with van der Waals surface area (Å²) >= 11 is 0. The van der Waals surface area contributed by atoms with Crippen LogP contribution in [0.3, 0.4) is 0 Å². The Morgan fingerprint density at radius 2 is 0.926 bits per heavy atom. The van der Waals surface area contributed by atoms with E-state index in [0.717, 1.165) is 0 Å². The van der Waals surface area contributed by atoms with Gasteiger partial charge in [-0.3, -0.25) is 0 Å². The van der Waals surface area contributed by atoms with Crippen molar-refractivity contribution in [3.63, 3.8) is 0 Å². The van der Waals surface area contributed by atoms with Gasteiger partial charge in [0.15, 0.2) is 0 Å². The van der Waals surface area contributed by atoms with Gasteiger partial charge in [0.1, 0.15) is 0 Å². The molecule has 0 atom stereocenters. The molecule has 27 heavy (non-hydrogen) atoms. The van der Waals surface area contributed by atoms with Crippen molar-refractivity contribution in [1.29, 1.82) is 0 Å². The van der Waals surface area contributed by atoms with Gasteiger partial charge in [-0.2, -0.15) is 48.3 Å². The first-order chi connectivity index (χ1) is 12.0. The third-order valence-corrected chi connectivity index (χ3v) is 2.54. The number of benzene rings is 1. The highest BCUT2D eigenvalue weighted by Crippen LogP contribution is 2.49. The summed E-state index contributed by atoms with van der Waals surface area (Å²) in [6, 6.07) is -3.85. The van der Waals surface area contributed by atoms with Crippen LogP contribution in [0.2, 0.25) is 0 Å². The summed E-state index contributed by atoms with van der Waals surface area (Å²) in [7, 11) is 0. The summed E-state index contributed by atoms with van der Waals surface area (Å²) in [6.45, 7) is 0. The summed E-state index contributed by atoms with van der Waals surface area (Å²) in [4.78, 5) is 0. The molecule has 154 valence electrons. The van der Waals surface area contributed by atoms with Crippen molar-refractivity contribution in [1.82, 2.24) is 0 Å². The summed E-state index contributed by atoms with van der Waals surface area (Å²) in [6.07, 6.45) is -18.1. The topological polar surface area (TPSA) is 18.5 Å². The Balaban J connectivity index is 3.82. The van der Waals surface area contributed by atoms with Crippen molar-refractivity contribution < 1.29 is 70.9 Å². The van der Waals surface area contributed by atoms with Crippen molar-refractivity contribution in [3.05, 3.63) is 41.2 Å². The Bertz CT molecular complexity index is 715. The van der Waals surface area contributed by atoms with E-state index in [4.69, 9.17) is 0 Å². The number of rotatable bonds is 4. The predicted molar refractivity (Wildman–Crippen MR) is 53.1 cm³/mol. The van der Waals surface area contributed by atoms with Crippen molar-refractivity contribution in [2.45, 2.75) is 18.1 Å². The molecule has 16 heteroatoms. The van der Waals surface area contributed by atoms with E-state index in [0.29, 0.717) is 0 Å². The molecule has 0 unspecified atom stereocenters. The molecule has 0 fully saturated rings. The van der Waals surface area contributed by atoms with Gasteiger partial charge in [0.2, 0.25) is 34.8 Å². The molecule has 1 rings (SSSR count). The molecule has 0 heterocycles. The van der Waals surface area contributed by atoms with Gasteiger partial charge in [-0.15, -0.1) is 0 Å². The zero-order valence-electron chi connectivity index (χ0n) is 11.6. The summed E-state index contributed by atoms with van der Waals surface area (Å²) < 4.78 is 184. The van der Waals surface area contributed by atoms with Gasteiger partial charge in [-0.25, -0.2) is 13.2 Å². The lowest BCUT2D eigenvalue weighted by Crippen LogP contribution is -2.62. The Morgan fingerprint density at radius 3 is 1.22 bits per heavy atom. The fourth-order valence-corrected chi connectivity index (χ4v) is 1.40. The van der Waals surface area contributed by atoms with E-state index in [1.54, 1.807) is 0 Å². The maximum Gasteiger partial charge on any atom is 0.478 e. The number of halogens is 14. The van der Waals surface area contributed by atoms with Crippen LogP contribution >= 0.6 is 0 Å². The lowest BCUT2D eigenvalue weighted by molar-refractivity contribution is -0.442. The predicted octanol–water partition coefficient (Wildman–Crippen LogP) is 5.63. The fraction of sp³-hybridized carbons (Fsp3) is 0.273. The van der Waals surface area contributed by atoms with Crippen molar-refractivity contribution >= 4 is 0 Å². The smallest absolute Gasteiger partial charge is 0.431 e. The second kappa shape index (κ2) is 6.95. The molecule has 0 amide bonds. The van der Waals surface area contributed by atoms with Gasteiger partial charge >= 0.3 is 30.2 Å². The van der Waals surface area contributed by atoms with Crippen molar-refractivity contribution in [2.24, 2.45) is 0 Å². The van der Waals surface area contributed by atoms with Crippen LogP contribution < -0.4 is 4.74 Å². The van der Waals surface area contributed by atoms with Crippen molar-refractivity contribution in [3.8, 4) is 5.75 Å². The lowest BCUT2D eigenvalue weighted by atomic mass is 10.2. The molecule has 0 bridgehead atoms. The van der Waals surface area contributed by atoms with Crippen molar-refractivity contribution in [2.75, 3.05) is 0 Å². The van der Waals surface area contributed by atoms with Gasteiger partial charge in [-0.05, 0) is 0 Å². The zero-order chi connectivity index (χ0) is 21.5. The van der Waals surface area contributed by atoms with Crippen LogP contribution in [0.25, 0.3) is 0 Å². The summed E-state index contributed by atoms with van der Waals surface area (Å²) in [5.41, 5.74) is 0. The Hall–Kier alpha value is -2.42. The Labute approximate surface area is 137 Å². The van der Waals surface area contributed by atoms with E-state index in [9.17, 15) is 61.5 Å². The molecule has 0 saturated heterocycles. The second-order valence-electron chi connectivity index (χ2n) is 4.25. The number of hydrogen-bond donors (Lipinski definition) is 0. The Morgan fingerprint density at radius 1 is 0.593 bits per heavy atom. The van der Waals surface area contributed by atoms with E-state index in [1.807, 2.05) is 0 Å². The van der Waals surface area contributed by atoms with Gasteiger partial charge in [-0.1, -0.05) is 0 Å². The largest absolute Gasteiger partial charge is 0.478 e. The second-order valence-corrected chi connectivity index (χ2v) is 4.25. The maximum absolute atomic E-state index is 13.3. The molecule has 0 saturated carbocycles. The van der Waals surface area contributed by atoms with Crippen LogP contribution in [0.1, 0.15) is 0 Å². The molecule has 0 aliphatic rings. The number of hydrogen-bond acceptors (Lipinski definition) is 2. The SMILES string of the molecule is FC(F)=C(F)OC(Oc1c(F)c(F)c(F)c(F)c1F)(C(F)(F)F)C(F)(F)F. The molecule has 1 aromatic rings. The minimum atomic E-state index is -7.11. The fourth-order valence-electron chi connectivity index (χ4n) is 1.40. The van der Waals surface area contributed by atoms with Crippen LogP contribution in [-0.2, 0) is 4.74 Å². The first kappa shape index (κ1) is 22.6. The molecule has 2 nitrogen and oxygen atoms in total. The van der Waals surface area contributed by atoms with Gasteiger partial charge in [0.05, 0.1) is 0 Å².